The molecule has 2 aromatic carbocycles. The number of amides is 3. The smallest absolute Gasteiger partial charge is 0.273 e. The molecule has 5 N–H and O–H groups in total. The zero-order chi connectivity index (χ0) is 30.9. The number of hydrogen-bond acceptors (Lipinski definition) is 8. The van der Waals surface area contributed by atoms with E-state index in [9.17, 15) is 19.5 Å². The van der Waals surface area contributed by atoms with Gasteiger partial charge in [0.25, 0.3) is 11.8 Å². The maximum atomic E-state index is 13.5. The van der Waals surface area contributed by atoms with E-state index >= 15 is 0 Å². The summed E-state index contributed by atoms with van der Waals surface area (Å²) in [6, 6.07) is 10.3. The van der Waals surface area contributed by atoms with Crippen molar-refractivity contribution in [3.05, 3.63) is 63.6 Å². The number of benzene rings is 2. The number of rotatable bonds is 5. The van der Waals surface area contributed by atoms with Crippen molar-refractivity contribution < 1.29 is 24.2 Å². The highest BCUT2D eigenvalue weighted by atomic mass is 35.5. The van der Waals surface area contributed by atoms with Crippen LogP contribution in [0.4, 0.5) is 0 Å². The van der Waals surface area contributed by atoms with Crippen molar-refractivity contribution in [3.63, 3.8) is 0 Å². The van der Waals surface area contributed by atoms with E-state index in [4.69, 9.17) is 10.5 Å². The number of ether oxygens (including phenoxy) is 1. The monoisotopic (exact) mass is 643 g/mol. The van der Waals surface area contributed by atoms with E-state index in [0.717, 1.165) is 17.0 Å². The second-order valence-electron chi connectivity index (χ2n) is 11.2. The molecule has 0 unspecified atom stereocenters. The fraction of sp³-hybridized carbons (Fsp3) is 0.438. The van der Waals surface area contributed by atoms with Crippen LogP contribution in [0.25, 0.3) is 11.1 Å². The lowest BCUT2D eigenvalue weighted by Gasteiger charge is -2.22. The molecule has 0 fully saturated rings. The van der Waals surface area contributed by atoms with Gasteiger partial charge in [-0.15, -0.1) is 23.7 Å². The molecular formula is C32H42ClN5O5S. The van der Waals surface area contributed by atoms with Gasteiger partial charge in [0.15, 0.2) is 0 Å². The Balaban J connectivity index is 0.00000529. The number of carbonyl (C=O) groups is 3. The van der Waals surface area contributed by atoms with Gasteiger partial charge in [0.05, 0.1) is 18.7 Å². The van der Waals surface area contributed by atoms with Crippen LogP contribution in [0.15, 0.2) is 41.8 Å². The highest BCUT2D eigenvalue weighted by Crippen LogP contribution is 2.33. The molecule has 0 radical (unpaired) electrons. The molecule has 0 saturated carbocycles. The summed E-state index contributed by atoms with van der Waals surface area (Å²) in [7, 11) is 1.50. The van der Waals surface area contributed by atoms with Gasteiger partial charge >= 0.3 is 0 Å². The fourth-order valence-electron chi connectivity index (χ4n) is 5.10. The van der Waals surface area contributed by atoms with Crippen molar-refractivity contribution in [3.8, 4) is 22.6 Å². The Morgan fingerprint density at radius 2 is 1.84 bits per heavy atom. The summed E-state index contributed by atoms with van der Waals surface area (Å²) in [4.78, 5) is 45.5. The van der Waals surface area contributed by atoms with E-state index in [1.807, 2.05) is 12.1 Å². The van der Waals surface area contributed by atoms with Gasteiger partial charge in [-0.2, -0.15) is 0 Å². The summed E-state index contributed by atoms with van der Waals surface area (Å²) < 4.78 is 5.45. The molecule has 10 nitrogen and oxygen atoms in total. The molecule has 238 valence electrons. The molecule has 2 heterocycles. The summed E-state index contributed by atoms with van der Waals surface area (Å²) in [5.41, 5.74) is 9.17. The first-order valence-electron chi connectivity index (χ1n) is 14.7. The van der Waals surface area contributed by atoms with E-state index in [2.05, 4.69) is 29.5 Å². The molecule has 3 aromatic rings. The second kappa shape index (κ2) is 16.4. The topological polar surface area (TPSA) is 147 Å². The predicted octanol–water partition coefficient (Wildman–Crippen LogP) is 4.71. The number of phenolic OH excluding ortho intramolecular Hbond substituents is 1. The third-order valence-electron chi connectivity index (χ3n) is 7.34. The third kappa shape index (κ3) is 9.17. The number of hydrogen-bond donors (Lipinski definition) is 4. The molecular weight excluding hydrogens is 602 g/mol. The van der Waals surface area contributed by atoms with Crippen LogP contribution in [-0.4, -0.2) is 66.0 Å². The molecule has 0 aliphatic carbocycles. The molecule has 1 aliphatic heterocycles. The first-order valence-corrected chi connectivity index (χ1v) is 15.6. The molecule has 1 atom stereocenters. The van der Waals surface area contributed by atoms with E-state index in [-0.39, 0.29) is 48.3 Å². The number of aromatic hydroxyl groups is 1. The van der Waals surface area contributed by atoms with E-state index < -0.39 is 0 Å². The van der Waals surface area contributed by atoms with Gasteiger partial charge in [0, 0.05) is 43.5 Å². The first-order chi connectivity index (χ1) is 20.7. The number of aromatic nitrogens is 1. The Morgan fingerprint density at radius 1 is 1.07 bits per heavy atom. The van der Waals surface area contributed by atoms with Gasteiger partial charge < -0.3 is 31.1 Å². The molecule has 3 amide bonds. The number of halogens is 1. The average molecular weight is 644 g/mol. The molecule has 0 saturated heterocycles. The Kier molecular flexibility index (Phi) is 13.0. The first kappa shape index (κ1) is 34.8. The van der Waals surface area contributed by atoms with Crippen LogP contribution in [0.5, 0.6) is 11.5 Å². The third-order valence-corrected chi connectivity index (χ3v) is 8.32. The number of nitrogens with zero attached hydrogens (tertiary/aromatic N) is 2. The number of thiazole rings is 1. The van der Waals surface area contributed by atoms with Crippen molar-refractivity contribution >= 4 is 41.5 Å². The van der Waals surface area contributed by atoms with Crippen LogP contribution in [0, 0.1) is 5.92 Å². The number of phenols is 1. The normalized spacial score (nSPS) is 15.6. The van der Waals surface area contributed by atoms with Gasteiger partial charge in [-0.05, 0) is 67.0 Å². The standard InChI is InChI=1S/C32H41N5O5S.ClH/c1-20(2)16-25(33)31-36-26(19-43-31)32(41)37-14-4-6-29(39)34-13-11-21-7-9-27(38)23(17-21)22-8-10-28(42-3)24(18-22)30(40)35-12-5-15-37;/h7-10,17-20,25,38H,4-6,11-16,33H2,1-3H3,(H,34,39)(H,35,40);1H/t25-;/m0./s1. The van der Waals surface area contributed by atoms with E-state index in [1.54, 1.807) is 34.5 Å². The van der Waals surface area contributed by atoms with Gasteiger partial charge in [-0.1, -0.05) is 26.0 Å². The Bertz CT molecular complexity index is 1450. The van der Waals surface area contributed by atoms with Crippen molar-refractivity contribution in [2.45, 2.75) is 52.0 Å². The molecule has 0 spiro atoms. The number of fused-ring (bicyclic) bond motifs is 5. The zero-order valence-electron chi connectivity index (χ0n) is 25.4. The Labute approximate surface area is 268 Å². The van der Waals surface area contributed by atoms with Crippen LogP contribution in [-0.2, 0) is 11.2 Å². The zero-order valence-corrected chi connectivity index (χ0v) is 27.1. The van der Waals surface area contributed by atoms with Crippen LogP contribution < -0.4 is 21.1 Å². The number of nitrogens with two attached hydrogens (primary N) is 1. The van der Waals surface area contributed by atoms with Crippen LogP contribution in [0.2, 0.25) is 0 Å². The van der Waals surface area contributed by atoms with Crippen LogP contribution >= 0.6 is 23.7 Å². The summed E-state index contributed by atoms with van der Waals surface area (Å²) in [6.45, 7) is 5.70. The lowest BCUT2D eigenvalue weighted by Crippen LogP contribution is -2.36. The molecule has 4 rings (SSSR count). The predicted molar refractivity (Wildman–Crippen MR) is 175 cm³/mol. The minimum absolute atomic E-state index is 0. The summed E-state index contributed by atoms with van der Waals surface area (Å²) in [5.74, 6) is 0.292. The fourth-order valence-corrected chi connectivity index (χ4v) is 5.90. The van der Waals surface area contributed by atoms with Crippen molar-refractivity contribution in [2.75, 3.05) is 33.3 Å². The quantitative estimate of drug-likeness (QED) is 0.315. The average Bonchev–Trinajstić information content (AvgIpc) is 3.48. The maximum absolute atomic E-state index is 13.5. The minimum atomic E-state index is -0.316. The molecule has 44 heavy (non-hydrogen) atoms. The van der Waals surface area contributed by atoms with Gasteiger partial charge in [0.2, 0.25) is 5.91 Å². The van der Waals surface area contributed by atoms with Crippen LogP contribution in [0.3, 0.4) is 0 Å². The summed E-state index contributed by atoms with van der Waals surface area (Å²) >= 11 is 1.39. The van der Waals surface area contributed by atoms with E-state index in [1.165, 1.54) is 18.4 Å². The van der Waals surface area contributed by atoms with Crippen molar-refractivity contribution in [1.29, 1.82) is 0 Å². The summed E-state index contributed by atoms with van der Waals surface area (Å²) in [5, 5.41) is 18.9. The van der Waals surface area contributed by atoms with E-state index in [0.29, 0.717) is 79.5 Å². The van der Waals surface area contributed by atoms with Crippen molar-refractivity contribution in [2.24, 2.45) is 11.7 Å². The molecule has 4 bridgehead atoms. The highest BCUT2D eigenvalue weighted by Gasteiger charge is 2.22. The Hall–Kier alpha value is -3.67. The molecule has 12 heteroatoms. The van der Waals surface area contributed by atoms with Crippen LogP contribution in [0.1, 0.15) is 77.0 Å². The highest BCUT2D eigenvalue weighted by molar-refractivity contribution is 7.09. The van der Waals surface area contributed by atoms with Gasteiger partial charge in [-0.3, -0.25) is 14.4 Å². The largest absolute Gasteiger partial charge is 0.507 e. The lowest BCUT2D eigenvalue weighted by molar-refractivity contribution is -0.121. The number of nitrogens with one attached hydrogen (secondary N) is 2. The SMILES string of the molecule is COc1ccc2cc1C(=O)NCCCN(C(=O)c1csc([C@@H](N)CC(C)C)n1)CCCC(=O)NCCc1ccc(O)c-2c1.Cl. The minimum Gasteiger partial charge on any atom is -0.507 e. The Morgan fingerprint density at radius 3 is 2.59 bits per heavy atom. The molecule has 1 aromatic heterocycles. The molecule has 1 aliphatic rings. The van der Waals surface area contributed by atoms with Gasteiger partial charge in [-0.25, -0.2) is 4.98 Å². The number of carbonyl (C=O) groups excluding carboxylic acids is 3. The lowest BCUT2D eigenvalue weighted by atomic mass is 9.98. The number of methoxy groups -OCH3 is 1. The van der Waals surface area contributed by atoms with Gasteiger partial charge in [0.1, 0.15) is 22.2 Å². The maximum Gasteiger partial charge on any atom is 0.273 e. The summed E-state index contributed by atoms with van der Waals surface area (Å²) in [6.07, 6.45) is 2.60. The second-order valence-corrected chi connectivity index (χ2v) is 12.1. The van der Waals surface area contributed by atoms with Crippen molar-refractivity contribution in [1.82, 2.24) is 20.5 Å².